The molecule has 3 aromatic rings. The Labute approximate surface area is 248 Å². The minimum Gasteiger partial charge on any atom is -0.504 e. The maximum atomic E-state index is 12.7. The van der Waals surface area contributed by atoms with E-state index in [0.29, 0.717) is 11.9 Å². The third-order valence-corrected chi connectivity index (χ3v) is 8.72. The molecule has 0 bridgehead atoms. The Kier molecular flexibility index (Phi) is 9.09. The molecule has 3 saturated heterocycles. The SMILES string of the molecule is Cc1cc(N2CCN([C@@H]3CN[C@H](C(=O)N4CCSC4)C3)CC2)n(-c2ccccc2)n1.O=C(O)c1cc(O)c(O)c(O)c1. The van der Waals surface area contributed by atoms with E-state index in [4.69, 9.17) is 25.5 Å². The molecule has 3 fully saturated rings. The van der Waals surface area contributed by atoms with Crippen molar-refractivity contribution < 1.29 is 30.0 Å². The summed E-state index contributed by atoms with van der Waals surface area (Å²) in [6.07, 6.45) is 0.932. The van der Waals surface area contributed by atoms with Crippen LogP contribution in [0.1, 0.15) is 22.5 Å². The molecule has 3 aliphatic heterocycles. The highest BCUT2D eigenvalue weighted by Gasteiger charge is 2.37. The van der Waals surface area contributed by atoms with Crippen molar-refractivity contribution in [2.45, 2.75) is 25.4 Å². The van der Waals surface area contributed by atoms with Gasteiger partial charge in [0.15, 0.2) is 17.2 Å². The van der Waals surface area contributed by atoms with Gasteiger partial charge in [-0.1, -0.05) is 18.2 Å². The van der Waals surface area contributed by atoms with E-state index in [2.05, 4.69) is 57.1 Å². The van der Waals surface area contributed by atoms with E-state index in [1.165, 1.54) is 5.82 Å². The molecule has 5 N–H and O–H groups in total. The van der Waals surface area contributed by atoms with Crippen LogP contribution in [0.5, 0.6) is 17.2 Å². The Hall–Kier alpha value is -3.94. The fraction of sp³-hybridized carbons (Fsp3) is 0.414. The number of phenols is 3. The van der Waals surface area contributed by atoms with Crippen LogP contribution in [-0.4, -0.2) is 115 Å². The van der Waals surface area contributed by atoms with Crippen molar-refractivity contribution in [1.82, 2.24) is 24.9 Å². The van der Waals surface area contributed by atoms with Crippen LogP contribution < -0.4 is 10.2 Å². The molecule has 4 heterocycles. The Morgan fingerprint density at radius 2 is 1.67 bits per heavy atom. The van der Waals surface area contributed by atoms with Gasteiger partial charge in [0, 0.05) is 57.1 Å². The monoisotopic (exact) mass is 596 g/mol. The van der Waals surface area contributed by atoms with Crippen LogP contribution in [0.25, 0.3) is 5.69 Å². The zero-order valence-electron chi connectivity index (χ0n) is 23.4. The van der Waals surface area contributed by atoms with Crippen molar-refractivity contribution in [1.29, 1.82) is 0 Å². The molecule has 1 amide bonds. The lowest BCUT2D eigenvalue weighted by Crippen LogP contribution is -2.51. The molecule has 0 radical (unpaired) electrons. The van der Waals surface area contributed by atoms with Gasteiger partial charge in [-0.2, -0.15) is 5.10 Å². The molecule has 0 unspecified atom stereocenters. The smallest absolute Gasteiger partial charge is 0.335 e. The van der Waals surface area contributed by atoms with E-state index in [9.17, 15) is 9.59 Å². The number of hydrogen-bond acceptors (Lipinski definition) is 10. The number of aromatic nitrogens is 2. The maximum absolute atomic E-state index is 12.7. The molecule has 6 rings (SSSR count). The third kappa shape index (κ3) is 6.58. The van der Waals surface area contributed by atoms with E-state index in [0.717, 1.165) is 80.8 Å². The number of carbonyl (C=O) groups is 2. The second kappa shape index (κ2) is 12.9. The Balaban J connectivity index is 0.000000248. The summed E-state index contributed by atoms with van der Waals surface area (Å²) < 4.78 is 2.06. The molecular formula is C29H36N6O6S. The zero-order valence-corrected chi connectivity index (χ0v) is 24.2. The van der Waals surface area contributed by atoms with Crippen LogP contribution in [0.15, 0.2) is 48.5 Å². The molecule has 0 aliphatic carbocycles. The number of aromatic hydroxyl groups is 3. The van der Waals surface area contributed by atoms with Gasteiger partial charge in [0.25, 0.3) is 0 Å². The van der Waals surface area contributed by atoms with Crippen molar-refractivity contribution in [3.05, 3.63) is 59.8 Å². The third-order valence-electron chi connectivity index (χ3n) is 7.75. The van der Waals surface area contributed by atoms with Crippen LogP contribution in [-0.2, 0) is 4.79 Å². The van der Waals surface area contributed by atoms with Crippen LogP contribution in [0.3, 0.4) is 0 Å². The minimum absolute atomic E-state index is 0.00566. The number of benzene rings is 2. The number of nitrogens with one attached hydrogen (secondary N) is 1. The summed E-state index contributed by atoms with van der Waals surface area (Å²) in [6, 6.07) is 14.7. The molecular weight excluding hydrogens is 560 g/mol. The fourth-order valence-corrected chi connectivity index (χ4v) is 6.46. The predicted molar refractivity (Wildman–Crippen MR) is 160 cm³/mol. The largest absolute Gasteiger partial charge is 0.504 e. The lowest BCUT2D eigenvalue weighted by molar-refractivity contribution is -0.131. The van der Waals surface area contributed by atoms with Crippen molar-refractivity contribution in [3.63, 3.8) is 0 Å². The number of nitrogens with zero attached hydrogens (tertiary/aromatic N) is 5. The molecule has 13 heteroatoms. The maximum Gasteiger partial charge on any atom is 0.335 e. The normalized spacial score (nSPS) is 20.8. The number of phenolic OH excluding ortho intramolecular Hbond substituents is 3. The van der Waals surface area contributed by atoms with Crippen molar-refractivity contribution in [3.8, 4) is 22.9 Å². The van der Waals surface area contributed by atoms with Gasteiger partial charge in [0.2, 0.25) is 5.91 Å². The average molecular weight is 597 g/mol. The lowest BCUT2D eigenvalue weighted by Gasteiger charge is -2.38. The van der Waals surface area contributed by atoms with E-state index in [1.54, 1.807) is 0 Å². The average Bonchev–Trinajstić information content (AvgIpc) is 3.78. The van der Waals surface area contributed by atoms with E-state index < -0.39 is 23.2 Å². The lowest BCUT2D eigenvalue weighted by atomic mass is 10.1. The summed E-state index contributed by atoms with van der Waals surface area (Å²) in [4.78, 5) is 30.0. The van der Waals surface area contributed by atoms with Crippen LogP contribution >= 0.6 is 11.8 Å². The standard InChI is InChI=1S/C22H30N6OS.C7H6O5/c1-17-13-21(28(24-17)18-5-3-2-4-6-18)26-9-7-25(8-10-26)19-14-20(23-15-19)22(29)27-11-12-30-16-27;8-4-1-3(7(11)12)2-5(9)6(4)10/h2-6,13,19-20,23H,7-12,14-16H2,1H3;1-2,8-10H,(H,11,12)/t19-,20-;/m0./s1. The van der Waals surface area contributed by atoms with Gasteiger partial charge in [0.05, 0.1) is 28.9 Å². The van der Waals surface area contributed by atoms with Gasteiger partial charge in [-0.25, -0.2) is 9.48 Å². The molecule has 2 aromatic carbocycles. The first-order valence-corrected chi connectivity index (χ1v) is 15.1. The van der Waals surface area contributed by atoms with Gasteiger partial charge >= 0.3 is 5.97 Å². The highest BCUT2D eigenvalue weighted by molar-refractivity contribution is 7.99. The quantitative estimate of drug-likeness (QED) is 0.275. The highest BCUT2D eigenvalue weighted by Crippen LogP contribution is 2.35. The molecule has 3 aliphatic rings. The minimum atomic E-state index is -1.29. The molecule has 0 saturated carbocycles. The van der Waals surface area contributed by atoms with Gasteiger partial charge in [0.1, 0.15) is 5.82 Å². The first kappa shape index (κ1) is 29.5. The number of hydrogen-bond donors (Lipinski definition) is 5. The van der Waals surface area contributed by atoms with Gasteiger partial charge in [-0.15, -0.1) is 11.8 Å². The number of amides is 1. The number of para-hydroxylation sites is 1. The van der Waals surface area contributed by atoms with Gasteiger partial charge in [-0.3, -0.25) is 9.69 Å². The molecule has 42 heavy (non-hydrogen) atoms. The number of aromatic carboxylic acids is 1. The molecule has 224 valence electrons. The highest BCUT2D eigenvalue weighted by atomic mass is 32.2. The first-order valence-electron chi connectivity index (χ1n) is 13.9. The van der Waals surface area contributed by atoms with Gasteiger partial charge < -0.3 is 35.5 Å². The second-order valence-electron chi connectivity index (χ2n) is 10.6. The van der Waals surface area contributed by atoms with Crippen molar-refractivity contribution in [2.24, 2.45) is 0 Å². The Morgan fingerprint density at radius 1 is 0.976 bits per heavy atom. The zero-order chi connectivity index (χ0) is 29.8. The number of anilines is 1. The number of piperazine rings is 1. The number of thioether (sulfide) groups is 1. The predicted octanol–water partition coefficient (Wildman–Crippen LogP) is 2.07. The number of rotatable bonds is 5. The molecule has 12 nitrogen and oxygen atoms in total. The summed E-state index contributed by atoms with van der Waals surface area (Å²) in [5, 5.41) is 43.2. The Bertz CT molecular complexity index is 1380. The molecule has 2 atom stereocenters. The van der Waals surface area contributed by atoms with Crippen molar-refractivity contribution in [2.75, 3.05) is 55.8 Å². The van der Waals surface area contributed by atoms with Crippen molar-refractivity contribution >= 4 is 29.5 Å². The summed E-state index contributed by atoms with van der Waals surface area (Å²) in [7, 11) is 0. The first-order chi connectivity index (χ1) is 20.2. The fourth-order valence-electron chi connectivity index (χ4n) is 5.51. The van der Waals surface area contributed by atoms with E-state index >= 15 is 0 Å². The van der Waals surface area contributed by atoms with E-state index in [-0.39, 0.29) is 11.6 Å². The summed E-state index contributed by atoms with van der Waals surface area (Å²) in [6.45, 7) is 7.88. The van der Waals surface area contributed by atoms with Crippen LogP contribution in [0.2, 0.25) is 0 Å². The number of carbonyl (C=O) groups excluding carboxylic acids is 1. The summed E-state index contributed by atoms with van der Waals surface area (Å²) >= 11 is 1.85. The van der Waals surface area contributed by atoms with Crippen LogP contribution in [0, 0.1) is 6.92 Å². The number of carboxylic acids is 1. The summed E-state index contributed by atoms with van der Waals surface area (Å²) in [5.74, 6) is 0.0591. The van der Waals surface area contributed by atoms with E-state index in [1.807, 2.05) is 22.7 Å². The van der Waals surface area contributed by atoms with Gasteiger partial charge in [-0.05, 0) is 37.6 Å². The van der Waals surface area contributed by atoms with Crippen LogP contribution in [0.4, 0.5) is 5.82 Å². The Morgan fingerprint density at radius 3 is 2.29 bits per heavy atom. The molecule has 1 aromatic heterocycles. The molecule has 0 spiro atoms. The number of carboxylic acid groups (broad SMARTS) is 1. The topological polar surface area (TPSA) is 155 Å². The number of aryl methyl sites for hydroxylation is 1. The summed E-state index contributed by atoms with van der Waals surface area (Å²) in [5.41, 5.74) is 1.85. The second-order valence-corrected chi connectivity index (χ2v) is 11.6.